The molecule has 2 heterocycles. The summed E-state index contributed by atoms with van der Waals surface area (Å²) in [5.74, 6) is 1.20. The van der Waals surface area contributed by atoms with E-state index in [1.54, 1.807) is 0 Å². The molecule has 0 saturated carbocycles. The second-order valence-corrected chi connectivity index (χ2v) is 25.8. The highest BCUT2D eigenvalue weighted by Crippen LogP contribution is 2.55. The van der Waals surface area contributed by atoms with Crippen LogP contribution in [0.2, 0.25) is 0 Å². The third-order valence-electron chi connectivity index (χ3n) is 19.6. The average molecular weight is 1150 g/mol. The Hall–Kier alpha value is -10.8. The minimum atomic E-state index is -0.364. The fraction of sp³-hybridized carbons (Fsp3) is 0.108. The zero-order valence-electron chi connectivity index (χ0n) is 50.5. The molecule has 426 valence electrons. The summed E-state index contributed by atoms with van der Waals surface area (Å²) in [5.41, 5.74) is 31.4. The van der Waals surface area contributed by atoms with Crippen LogP contribution in [-0.4, -0.2) is 9.97 Å². The molecule has 0 saturated heterocycles. The molecule has 12 aromatic carbocycles. The third-order valence-corrected chi connectivity index (χ3v) is 19.6. The van der Waals surface area contributed by atoms with Gasteiger partial charge in [0.2, 0.25) is 11.8 Å². The van der Waals surface area contributed by atoms with Crippen LogP contribution in [-0.2, 0) is 16.2 Å². The molecule has 0 bridgehead atoms. The van der Waals surface area contributed by atoms with Crippen LogP contribution in [0.25, 0.3) is 101 Å². The Balaban J connectivity index is 0.734. The van der Waals surface area contributed by atoms with E-state index in [0.717, 1.165) is 67.5 Å². The Labute approximate surface area is 518 Å². The van der Waals surface area contributed by atoms with Crippen LogP contribution in [0.5, 0.6) is 0 Å². The number of rotatable bonds is 10. The summed E-state index contributed by atoms with van der Waals surface area (Å²) >= 11 is 0. The van der Waals surface area contributed by atoms with Crippen molar-refractivity contribution < 1.29 is 8.83 Å². The van der Waals surface area contributed by atoms with Crippen LogP contribution in [0.4, 0.5) is 34.1 Å². The lowest BCUT2D eigenvalue weighted by atomic mass is 9.81. The first-order valence-electron chi connectivity index (χ1n) is 30.8. The molecule has 2 aromatic heterocycles. The van der Waals surface area contributed by atoms with Crippen LogP contribution in [0.1, 0.15) is 74.9 Å². The molecule has 0 atom stereocenters. The highest BCUT2D eigenvalue weighted by atomic mass is 16.4. The van der Waals surface area contributed by atoms with Gasteiger partial charge in [0.25, 0.3) is 0 Å². The van der Waals surface area contributed by atoms with E-state index in [9.17, 15) is 0 Å². The monoisotopic (exact) mass is 1150 g/mol. The fourth-order valence-corrected chi connectivity index (χ4v) is 14.8. The Morgan fingerprint density at radius 1 is 0.247 bits per heavy atom. The summed E-state index contributed by atoms with van der Waals surface area (Å²) in [6.07, 6.45) is 0. The van der Waals surface area contributed by atoms with E-state index in [0.29, 0.717) is 11.8 Å². The summed E-state index contributed by atoms with van der Waals surface area (Å²) < 4.78 is 12.5. The van der Waals surface area contributed by atoms with Gasteiger partial charge in [0.05, 0.1) is 0 Å². The van der Waals surface area contributed by atoms with Crippen molar-refractivity contribution in [1.29, 1.82) is 0 Å². The maximum Gasteiger partial charge on any atom is 0.227 e. The minimum Gasteiger partial charge on any atom is -0.436 e. The number of hydrogen-bond donors (Lipinski definition) is 0. The lowest BCUT2D eigenvalue weighted by molar-refractivity contribution is 0.619. The highest BCUT2D eigenvalue weighted by molar-refractivity contribution is 5.91. The number of nitrogens with zero attached hydrogens (tertiary/aromatic N) is 4. The number of aromatic nitrogens is 2. The van der Waals surface area contributed by atoms with E-state index >= 15 is 0 Å². The molecule has 6 nitrogen and oxygen atoms in total. The maximum absolute atomic E-state index is 6.26. The van der Waals surface area contributed by atoms with Crippen LogP contribution in [0.15, 0.2) is 276 Å². The van der Waals surface area contributed by atoms with Crippen molar-refractivity contribution in [2.45, 2.75) is 57.8 Å². The molecule has 3 aliphatic carbocycles. The Morgan fingerprint density at radius 3 is 0.910 bits per heavy atom. The van der Waals surface area contributed by atoms with E-state index in [1.165, 1.54) is 89.0 Å². The molecular weight excluding hydrogens is 1080 g/mol. The first kappa shape index (κ1) is 52.5. The second kappa shape index (κ2) is 19.6. The van der Waals surface area contributed by atoms with Crippen LogP contribution in [0.3, 0.4) is 0 Å². The molecule has 0 aliphatic heterocycles. The van der Waals surface area contributed by atoms with Gasteiger partial charge in [0, 0.05) is 61.5 Å². The number of fused-ring (bicyclic) bond motifs is 11. The van der Waals surface area contributed by atoms with Gasteiger partial charge in [-0.05, 0) is 222 Å². The predicted molar refractivity (Wildman–Crippen MR) is 365 cm³/mol. The SMILES string of the molecule is CC1(C)c2ccccc2-c2ccc(-c3ccc(N(c4ccc(-c5nc6ccccc6o5)cc4)c4ccc5c(c4)C(C)(C)c4cc(N(c6ccc(-c7ccc8c(c7)C(C)(C)c7ccccc7-8)cc6)c6ccc(-c7nc8ccccc8o7)cc6)ccc4-5)cc3)cc21. The fourth-order valence-electron chi connectivity index (χ4n) is 14.8. The molecule has 0 N–H and O–H groups in total. The number of para-hydroxylation sites is 4. The Bertz CT molecular complexity index is 4770. The molecule has 0 fully saturated rings. The molecule has 0 radical (unpaired) electrons. The third kappa shape index (κ3) is 8.31. The van der Waals surface area contributed by atoms with Gasteiger partial charge in [-0.15, -0.1) is 0 Å². The number of hydrogen-bond acceptors (Lipinski definition) is 6. The van der Waals surface area contributed by atoms with Gasteiger partial charge < -0.3 is 18.6 Å². The van der Waals surface area contributed by atoms with Crippen molar-refractivity contribution >= 4 is 56.3 Å². The molecule has 6 heteroatoms. The van der Waals surface area contributed by atoms with Crippen LogP contribution in [0, 0.1) is 0 Å². The topological polar surface area (TPSA) is 58.5 Å². The Kier molecular flexibility index (Phi) is 11.6. The summed E-state index contributed by atoms with van der Waals surface area (Å²) in [6, 6.07) is 97.0. The molecule has 3 aliphatic rings. The zero-order chi connectivity index (χ0) is 59.9. The predicted octanol–water partition coefficient (Wildman–Crippen LogP) is 22.5. The zero-order valence-corrected chi connectivity index (χ0v) is 50.5. The number of benzene rings is 12. The quantitative estimate of drug-likeness (QED) is 0.136. The van der Waals surface area contributed by atoms with E-state index in [2.05, 4.69) is 270 Å². The van der Waals surface area contributed by atoms with Crippen molar-refractivity contribution in [3.63, 3.8) is 0 Å². The lowest BCUT2D eigenvalue weighted by Gasteiger charge is -2.29. The number of anilines is 6. The van der Waals surface area contributed by atoms with Crippen molar-refractivity contribution in [1.82, 2.24) is 9.97 Å². The largest absolute Gasteiger partial charge is 0.436 e. The van der Waals surface area contributed by atoms with Crippen LogP contribution >= 0.6 is 0 Å². The minimum absolute atomic E-state index is 0.0878. The Morgan fingerprint density at radius 2 is 0.528 bits per heavy atom. The van der Waals surface area contributed by atoms with E-state index in [4.69, 9.17) is 18.8 Å². The molecule has 17 rings (SSSR count). The highest BCUT2D eigenvalue weighted by Gasteiger charge is 2.39. The van der Waals surface area contributed by atoms with Crippen molar-refractivity contribution in [2.24, 2.45) is 0 Å². The van der Waals surface area contributed by atoms with Gasteiger partial charge in [-0.1, -0.05) is 175 Å². The second-order valence-electron chi connectivity index (χ2n) is 25.8. The summed E-state index contributed by atoms with van der Waals surface area (Å²) in [4.78, 5) is 14.5. The molecular formula is C83H62N4O2. The molecule has 0 unspecified atom stereocenters. The molecule has 89 heavy (non-hydrogen) atoms. The summed E-state index contributed by atoms with van der Waals surface area (Å²) in [5, 5.41) is 0. The first-order valence-corrected chi connectivity index (χ1v) is 30.8. The van der Waals surface area contributed by atoms with E-state index in [1.807, 2.05) is 48.5 Å². The van der Waals surface area contributed by atoms with Gasteiger partial charge in [0.15, 0.2) is 11.2 Å². The van der Waals surface area contributed by atoms with Gasteiger partial charge in [-0.2, -0.15) is 0 Å². The summed E-state index contributed by atoms with van der Waals surface area (Å²) in [6.45, 7) is 14.1. The van der Waals surface area contributed by atoms with Crippen molar-refractivity contribution in [3.05, 3.63) is 300 Å². The van der Waals surface area contributed by atoms with Crippen molar-refractivity contribution in [3.8, 4) is 78.5 Å². The summed E-state index contributed by atoms with van der Waals surface area (Å²) in [7, 11) is 0. The van der Waals surface area contributed by atoms with Gasteiger partial charge in [-0.25, -0.2) is 9.97 Å². The molecule has 0 spiro atoms. The maximum atomic E-state index is 6.26. The standard InChI is InChI=1S/C83H62N4O2/c1-81(2)69-17-9-7-15-63(69)65-43-31-55(47-71(65)81)51-23-33-57(34-24-51)86(59-37-27-53(28-38-59)79-84-75-19-11-13-21-77(75)88-79)61-41-45-67-68-46-42-62(50-74(68)83(5,6)73(67)49-61)87(60-39-29-54(30-40-60)80-85-76-20-12-14-22-78(76)89-80)58-35-25-52(26-36-58)56-32-44-66-64-16-8-10-18-70(64)82(3,4)72(66)48-56/h7-50H,1-6H3. The normalized spacial score (nSPS) is 14.2. The molecule has 0 amide bonds. The van der Waals surface area contributed by atoms with Gasteiger partial charge in [0.1, 0.15) is 11.0 Å². The average Bonchev–Trinajstić information content (AvgIpc) is 1.68. The van der Waals surface area contributed by atoms with Crippen molar-refractivity contribution in [2.75, 3.05) is 9.80 Å². The molecule has 14 aromatic rings. The lowest BCUT2D eigenvalue weighted by Crippen LogP contribution is -2.17. The smallest absolute Gasteiger partial charge is 0.227 e. The van der Waals surface area contributed by atoms with Crippen LogP contribution < -0.4 is 9.80 Å². The van der Waals surface area contributed by atoms with E-state index < -0.39 is 0 Å². The van der Waals surface area contributed by atoms with Gasteiger partial charge in [-0.3, -0.25) is 0 Å². The van der Waals surface area contributed by atoms with Gasteiger partial charge >= 0.3 is 0 Å². The number of oxazole rings is 2. The van der Waals surface area contributed by atoms with E-state index in [-0.39, 0.29) is 16.2 Å². The first-order chi connectivity index (χ1) is 43.3.